The van der Waals surface area contributed by atoms with E-state index in [0.29, 0.717) is 18.7 Å². The first kappa shape index (κ1) is 14.4. The molecule has 0 atom stereocenters. The van der Waals surface area contributed by atoms with Crippen molar-refractivity contribution in [3.05, 3.63) is 29.8 Å². The zero-order chi connectivity index (χ0) is 14.9. The lowest BCUT2D eigenvalue weighted by Gasteiger charge is -2.41. The van der Waals surface area contributed by atoms with Gasteiger partial charge in [-0.15, -0.1) is 0 Å². The molecule has 1 aliphatic heterocycles. The van der Waals surface area contributed by atoms with Crippen molar-refractivity contribution in [3.63, 3.8) is 0 Å². The van der Waals surface area contributed by atoms with Crippen LogP contribution in [0, 0.1) is 0 Å². The topological polar surface area (TPSA) is 52.7 Å². The van der Waals surface area contributed by atoms with Gasteiger partial charge < -0.3 is 15.1 Å². The summed E-state index contributed by atoms with van der Waals surface area (Å²) >= 11 is 0. The molecule has 1 saturated heterocycles. The first-order valence-corrected chi connectivity index (χ1v) is 6.71. The molecule has 108 valence electrons. The minimum atomic E-state index is -0.810. The number of amides is 2. The van der Waals surface area contributed by atoms with E-state index in [9.17, 15) is 9.59 Å². The number of carbonyl (C=O) groups excluding carboxylic acids is 2. The molecule has 1 fully saturated rings. The average molecular weight is 275 g/mol. The van der Waals surface area contributed by atoms with E-state index < -0.39 is 5.54 Å². The van der Waals surface area contributed by atoms with Crippen molar-refractivity contribution in [2.24, 2.45) is 0 Å². The highest BCUT2D eigenvalue weighted by Gasteiger charge is 2.40. The fraction of sp³-hybridized carbons (Fsp3) is 0.467. The summed E-state index contributed by atoms with van der Waals surface area (Å²) < 4.78 is 0. The Labute approximate surface area is 119 Å². The third-order valence-corrected chi connectivity index (χ3v) is 3.73. The summed E-state index contributed by atoms with van der Waals surface area (Å²) in [6, 6.07) is 7.43. The quantitative estimate of drug-likeness (QED) is 0.879. The molecule has 2 amide bonds. The predicted molar refractivity (Wildman–Crippen MR) is 78.9 cm³/mol. The second-order valence-electron chi connectivity index (χ2n) is 5.71. The van der Waals surface area contributed by atoms with Gasteiger partial charge in [-0.1, -0.05) is 0 Å². The van der Waals surface area contributed by atoms with Gasteiger partial charge in [-0.05, 0) is 38.1 Å². The molecule has 5 heteroatoms. The summed E-state index contributed by atoms with van der Waals surface area (Å²) in [7, 11) is 3.91. The summed E-state index contributed by atoms with van der Waals surface area (Å²) in [5.74, 6) is -0.211. The SMILES string of the molecule is CN(C)c1ccc(C(=O)N2CCNC(=O)C2(C)C)cc1. The van der Waals surface area contributed by atoms with Crippen LogP contribution in [-0.4, -0.2) is 49.4 Å². The van der Waals surface area contributed by atoms with E-state index in [1.54, 1.807) is 30.9 Å². The van der Waals surface area contributed by atoms with Gasteiger partial charge >= 0.3 is 0 Å². The Morgan fingerprint density at radius 2 is 1.85 bits per heavy atom. The highest BCUT2D eigenvalue weighted by atomic mass is 16.2. The van der Waals surface area contributed by atoms with Crippen molar-refractivity contribution < 1.29 is 9.59 Å². The Morgan fingerprint density at radius 1 is 1.25 bits per heavy atom. The molecule has 0 unspecified atom stereocenters. The zero-order valence-electron chi connectivity index (χ0n) is 12.4. The normalized spacial score (nSPS) is 17.6. The minimum absolute atomic E-state index is 0.102. The van der Waals surface area contributed by atoms with Crippen molar-refractivity contribution in [1.29, 1.82) is 0 Å². The molecule has 1 heterocycles. The van der Waals surface area contributed by atoms with Crippen LogP contribution < -0.4 is 10.2 Å². The van der Waals surface area contributed by atoms with Crippen LogP contribution in [0.5, 0.6) is 0 Å². The number of carbonyl (C=O) groups is 2. The first-order chi connectivity index (χ1) is 9.34. The molecule has 5 nitrogen and oxygen atoms in total. The fourth-order valence-electron chi connectivity index (χ4n) is 2.31. The first-order valence-electron chi connectivity index (χ1n) is 6.71. The second-order valence-corrected chi connectivity index (χ2v) is 5.71. The van der Waals surface area contributed by atoms with Gasteiger partial charge in [0.2, 0.25) is 5.91 Å². The number of anilines is 1. The highest BCUT2D eigenvalue weighted by Crippen LogP contribution is 2.21. The Balaban J connectivity index is 2.24. The lowest BCUT2D eigenvalue weighted by atomic mass is 9.97. The summed E-state index contributed by atoms with van der Waals surface area (Å²) in [6.45, 7) is 4.58. The maximum Gasteiger partial charge on any atom is 0.254 e. The maximum atomic E-state index is 12.6. The van der Waals surface area contributed by atoms with Gasteiger partial charge in [0.1, 0.15) is 5.54 Å². The molecule has 0 spiro atoms. The van der Waals surface area contributed by atoms with Gasteiger partial charge in [-0.25, -0.2) is 0 Å². The number of piperazine rings is 1. The molecule has 1 aliphatic rings. The number of hydrogen-bond acceptors (Lipinski definition) is 3. The van der Waals surface area contributed by atoms with Gasteiger partial charge in [0.05, 0.1) is 0 Å². The molecule has 0 bridgehead atoms. The molecule has 0 saturated carbocycles. The van der Waals surface area contributed by atoms with Crippen molar-refractivity contribution in [2.75, 3.05) is 32.1 Å². The zero-order valence-corrected chi connectivity index (χ0v) is 12.4. The summed E-state index contributed by atoms with van der Waals surface area (Å²) in [5.41, 5.74) is 0.839. The standard InChI is InChI=1S/C15H21N3O2/c1-15(2)14(20)16-9-10-18(15)13(19)11-5-7-12(8-6-11)17(3)4/h5-8H,9-10H2,1-4H3,(H,16,20). The van der Waals surface area contributed by atoms with Crippen LogP contribution in [0.4, 0.5) is 5.69 Å². The van der Waals surface area contributed by atoms with Crippen LogP contribution >= 0.6 is 0 Å². The van der Waals surface area contributed by atoms with E-state index in [1.165, 1.54) is 0 Å². The average Bonchev–Trinajstić information content (AvgIpc) is 2.41. The van der Waals surface area contributed by atoms with E-state index in [1.807, 2.05) is 31.1 Å². The molecule has 2 rings (SSSR count). The van der Waals surface area contributed by atoms with Gasteiger partial charge in [-0.3, -0.25) is 9.59 Å². The minimum Gasteiger partial charge on any atom is -0.378 e. The van der Waals surface area contributed by atoms with Gasteiger partial charge in [0.15, 0.2) is 0 Å². The molecule has 0 aromatic heterocycles. The molecule has 0 radical (unpaired) electrons. The van der Waals surface area contributed by atoms with Crippen molar-refractivity contribution in [2.45, 2.75) is 19.4 Å². The summed E-state index contributed by atoms with van der Waals surface area (Å²) in [5, 5.41) is 2.79. The number of rotatable bonds is 2. The molecular weight excluding hydrogens is 254 g/mol. The van der Waals surface area contributed by atoms with Crippen LogP contribution in [-0.2, 0) is 4.79 Å². The number of nitrogens with zero attached hydrogens (tertiary/aromatic N) is 2. The van der Waals surface area contributed by atoms with E-state index in [0.717, 1.165) is 5.69 Å². The second kappa shape index (κ2) is 5.15. The number of benzene rings is 1. The van der Waals surface area contributed by atoms with E-state index in [-0.39, 0.29) is 11.8 Å². The van der Waals surface area contributed by atoms with Gasteiger partial charge in [-0.2, -0.15) is 0 Å². The molecule has 1 aromatic carbocycles. The van der Waals surface area contributed by atoms with Crippen molar-refractivity contribution >= 4 is 17.5 Å². The molecule has 1 N–H and O–H groups in total. The Kier molecular flexibility index (Phi) is 3.70. The van der Waals surface area contributed by atoms with Crippen LogP contribution in [0.15, 0.2) is 24.3 Å². The van der Waals surface area contributed by atoms with Gasteiger partial charge in [0.25, 0.3) is 5.91 Å². The lowest BCUT2D eigenvalue weighted by molar-refractivity contribution is -0.133. The molecular formula is C15H21N3O2. The van der Waals surface area contributed by atoms with E-state index in [4.69, 9.17) is 0 Å². The molecule has 0 aliphatic carbocycles. The predicted octanol–water partition coefficient (Wildman–Crippen LogP) is 1.10. The van der Waals surface area contributed by atoms with Crippen LogP contribution in [0.1, 0.15) is 24.2 Å². The molecule has 20 heavy (non-hydrogen) atoms. The largest absolute Gasteiger partial charge is 0.378 e. The van der Waals surface area contributed by atoms with Crippen LogP contribution in [0.25, 0.3) is 0 Å². The maximum absolute atomic E-state index is 12.6. The van der Waals surface area contributed by atoms with Crippen LogP contribution in [0.2, 0.25) is 0 Å². The van der Waals surface area contributed by atoms with Crippen molar-refractivity contribution in [1.82, 2.24) is 10.2 Å². The van der Waals surface area contributed by atoms with Crippen molar-refractivity contribution in [3.8, 4) is 0 Å². The summed E-state index contributed by atoms with van der Waals surface area (Å²) in [6.07, 6.45) is 0. The van der Waals surface area contributed by atoms with E-state index >= 15 is 0 Å². The van der Waals surface area contributed by atoms with E-state index in [2.05, 4.69) is 5.32 Å². The Morgan fingerprint density at radius 3 is 2.40 bits per heavy atom. The smallest absolute Gasteiger partial charge is 0.254 e. The third kappa shape index (κ3) is 2.48. The fourth-order valence-corrected chi connectivity index (χ4v) is 2.31. The number of hydrogen-bond donors (Lipinski definition) is 1. The Hall–Kier alpha value is -2.04. The molecule has 1 aromatic rings. The number of nitrogens with one attached hydrogen (secondary N) is 1. The highest BCUT2D eigenvalue weighted by molar-refractivity contribution is 5.99. The monoisotopic (exact) mass is 275 g/mol. The van der Waals surface area contributed by atoms with Gasteiger partial charge in [0, 0.05) is 38.4 Å². The lowest BCUT2D eigenvalue weighted by Crippen LogP contribution is -2.63. The third-order valence-electron chi connectivity index (χ3n) is 3.73. The van der Waals surface area contributed by atoms with Crippen LogP contribution in [0.3, 0.4) is 0 Å². The summed E-state index contributed by atoms with van der Waals surface area (Å²) in [4.78, 5) is 28.1. The Bertz CT molecular complexity index is 520.